The summed E-state index contributed by atoms with van der Waals surface area (Å²) in [6.07, 6.45) is 2.21. The third kappa shape index (κ3) is 4.99. The molecule has 6 rings (SSSR count). The fourth-order valence-electron chi connectivity index (χ4n) is 5.45. The Kier molecular flexibility index (Phi) is 7.62. The zero-order valence-electron chi connectivity index (χ0n) is 23.1. The van der Waals surface area contributed by atoms with Gasteiger partial charge in [0.05, 0.1) is 27.8 Å². The van der Waals surface area contributed by atoms with Crippen LogP contribution < -0.4 is 5.32 Å². The SMILES string of the molecule is Cc1ccccc1-c1c(F)c2c3cnn(S(=O)(=O)c4ccccc4)c3ccc2n1Cc1ccc(CCNCCF)cc1. The minimum atomic E-state index is -3.98. The highest BCUT2D eigenvalue weighted by Crippen LogP contribution is 2.39. The first-order valence-electron chi connectivity index (χ1n) is 13.8. The largest absolute Gasteiger partial charge is 0.333 e. The number of aromatic nitrogens is 3. The van der Waals surface area contributed by atoms with Crippen molar-refractivity contribution in [3.63, 3.8) is 0 Å². The molecule has 0 unspecified atom stereocenters. The summed E-state index contributed by atoms with van der Waals surface area (Å²) in [7, 11) is -3.98. The molecule has 4 aromatic carbocycles. The molecule has 0 radical (unpaired) electrons. The second-order valence-electron chi connectivity index (χ2n) is 10.3. The monoisotopic (exact) mass is 584 g/mol. The number of rotatable bonds is 10. The van der Waals surface area contributed by atoms with Gasteiger partial charge in [-0.15, -0.1) is 0 Å². The van der Waals surface area contributed by atoms with Crippen molar-refractivity contribution in [3.05, 3.63) is 120 Å². The summed E-state index contributed by atoms with van der Waals surface area (Å²) in [5.74, 6) is -0.419. The molecule has 0 bridgehead atoms. The summed E-state index contributed by atoms with van der Waals surface area (Å²) in [5, 5.41) is 8.04. The molecule has 0 aliphatic heterocycles. The summed E-state index contributed by atoms with van der Waals surface area (Å²) in [5.41, 5.74) is 5.20. The van der Waals surface area contributed by atoms with Crippen molar-refractivity contribution in [2.75, 3.05) is 19.8 Å². The summed E-state index contributed by atoms with van der Waals surface area (Å²) in [4.78, 5) is 0.107. The van der Waals surface area contributed by atoms with E-state index in [1.165, 1.54) is 18.3 Å². The minimum Gasteiger partial charge on any atom is -0.333 e. The molecule has 6 aromatic rings. The third-order valence-electron chi connectivity index (χ3n) is 7.58. The first kappa shape index (κ1) is 27.8. The lowest BCUT2D eigenvalue weighted by atomic mass is 10.0. The molecule has 0 spiro atoms. The van der Waals surface area contributed by atoms with Crippen molar-refractivity contribution in [3.8, 4) is 11.3 Å². The molecule has 2 aromatic heterocycles. The molecule has 0 fully saturated rings. The number of hydrogen-bond acceptors (Lipinski definition) is 4. The Labute approximate surface area is 243 Å². The fourth-order valence-corrected chi connectivity index (χ4v) is 6.74. The van der Waals surface area contributed by atoms with E-state index in [0.29, 0.717) is 47.1 Å². The average Bonchev–Trinajstić information content (AvgIpc) is 3.56. The van der Waals surface area contributed by atoms with Crippen LogP contribution in [0.1, 0.15) is 16.7 Å². The zero-order chi connectivity index (χ0) is 29.3. The lowest BCUT2D eigenvalue weighted by Crippen LogP contribution is -2.19. The second-order valence-corrected chi connectivity index (χ2v) is 12.0. The van der Waals surface area contributed by atoms with Crippen molar-refractivity contribution < 1.29 is 17.2 Å². The number of alkyl halides is 1. The summed E-state index contributed by atoms with van der Waals surface area (Å²) >= 11 is 0. The standard InChI is InChI=1S/C33H30F2N4O2S/c1-23-7-5-6-10-27(23)33-32(35)31-28-21-37-39(42(40,41)26-8-3-2-4-9-26)29(28)15-16-30(31)38(33)22-25-13-11-24(12-14-25)17-19-36-20-18-34/h2-16,21,36H,17-20,22H2,1H3. The van der Waals surface area contributed by atoms with Gasteiger partial charge < -0.3 is 9.88 Å². The highest BCUT2D eigenvalue weighted by Gasteiger charge is 2.26. The average molecular weight is 585 g/mol. The maximum absolute atomic E-state index is 16.6. The fraction of sp³-hybridized carbons (Fsp3) is 0.182. The molecule has 0 amide bonds. The van der Waals surface area contributed by atoms with E-state index < -0.39 is 15.8 Å². The molecule has 0 aliphatic carbocycles. The van der Waals surface area contributed by atoms with E-state index in [-0.39, 0.29) is 11.6 Å². The van der Waals surface area contributed by atoms with Gasteiger partial charge in [-0.05, 0) is 60.8 Å². The van der Waals surface area contributed by atoms with Crippen LogP contribution in [-0.2, 0) is 23.0 Å². The highest BCUT2D eigenvalue weighted by molar-refractivity contribution is 7.90. The van der Waals surface area contributed by atoms with E-state index in [0.717, 1.165) is 32.8 Å². The van der Waals surface area contributed by atoms with E-state index in [4.69, 9.17) is 0 Å². The van der Waals surface area contributed by atoms with Crippen LogP contribution >= 0.6 is 0 Å². The Hall–Kier alpha value is -4.34. The molecule has 0 saturated carbocycles. The van der Waals surface area contributed by atoms with Crippen molar-refractivity contribution in [1.82, 2.24) is 19.1 Å². The number of aryl methyl sites for hydroxylation is 1. The number of hydrogen-bond donors (Lipinski definition) is 1. The minimum absolute atomic E-state index is 0.107. The van der Waals surface area contributed by atoms with Gasteiger partial charge >= 0.3 is 0 Å². The van der Waals surface area contributed by atoms with Crippen LogP contribution in [0.2, 0.25) is 0 Å². The third-order valence-corrected chi connectivity index (χ3v) is 9.19. The summed E-state index contributed by atoms with van der Waals surface area (Å²) < 4.78 is 58.8. The van der Waals surface area contributed by atoms with Crippen LogP contribution in [0.3, 0.4) is 0 Å². The van der Waals surface area contributed by atoms with E-state index in [9.17, 15) is 12.8 Å². The van der Waals surface area contributed by atoms with Gasteiger partial charge in [0.15, 0.2) is 5.82 Å². The molecular formula is C33H30F2N4O2S. The maximum Gasteiger partial charge on any atom is 0.283 e. The molecule has 42 heavy (non-hydrogen) atoms. The molecule has 6 nitrogen and oxygen atoms in total. The van der Waals surface area contributed by atoms with E-state index in [1.54, 1.807) is 30.3 Å². The van der Waals surface area contributed by atoms with Crippen LogP contribution in [0.15, 0.2) is 102 Å². The van der Waals surface area contributed by atoms with Gasteiger partial charge in [-0.3, -0.25) is 0 Å². The van der Waals surface area contributed by atoms with E-state index >= 15 is 4.39 Å². The first-order valence-corrected chi connectivity index (χ1v) is 15.2. The molecule has 0 atom stereocenters. The van der Waals surface area contributed by atoms with Gasteiger partial charge in [-0.2, -0.15) is 17.6 Å². The Morgan fingerprint density at radius 1 is 0.833 bits per heavy atom. The quantitative estimate of drug-likeness (QED) is 0.187. The molecule has 0 saturated heterocycles. The lowest BCUT2D eigenvalue weighted by molar-refractivity contribution is 0.468. The number of halogens is 2. The topological polar surface area (TPSA) is 68.9 Å². The second kappa shape index (κ2) is 11.5. The van der Waals surface area contributed by atoms with Crippen LogP contribution in [0.25, 0.3) is 33.1 Å². The lowest BCUT2D eigenvalue weighted by Gasteiger charge is -2.14. The number of nitrogens with zero attached hydrogens (tertiary/aromatic N) is 3. The van der Waals surface area contributed by atoms with Crippen molar-refractivity contribution in [2.24, 2.45) is 0 Å². The molecule has 0 aliphatic rings. The Bertz CT molecular complexity index is 1980. The van der Waals surface area contributed by atoms with Crippen LogP contribution in [0, 0.1) is 12.7 Å². The first-order chi connectivity index (χ1) is 20.4. The smallest absolute Gasteiger partial charge is 0.283 e. The predicted molar refractivity (Wildman–Crippen MR) is 162 cm³/mol. The van der Waals surface area contributed by atoms with E-state index in [1.807, 2.05) is 60.0 Å². The summed E-state index contributed by atoms with van der Waals surface area (Å²) in [6, 6.07) is 27.3. The molecular weight excluding hydrogens is 554 g/mol. The van der Waals surface area contributed by atoms with Crippen molar-refractivity contribution in [2.45, 2.75) is 24.8 Å². The van der Waals surface area contributed by atoms with Gasteiger partial charge in [0, 0.05) is 29.4 Å². The predicted octanol–water partition coefficient (Wildman–Crippen LogP) is 6.49. The maximum atomic E-state index is 16.6. The van der Waals surface area contributed by atoms with Gasteiger partial charge in [0.1, 0.15) is 6.67 Å². The Morgan fingerprint density at radius 3 is 2.26 bits per heavy atom. The molecule has 2 heterocycles. The van der Waals surface area contributed by atoms with Gasteiger partial charge in [-0.1, -0.05) is 66.7 Å². The molecule has 9 heteroatoms. The summed E-state index contributed by atoms with van der Waals surface area (Å²) in [6.45, 7) is 3.00. The van der Waals surface area contributed by atoms with E-state index in [2.05, 4.69) is 10.4 Å². The van der Waals surface area contributed by atoms with Crippen LogP contribution in [0.4, 0.5) is 8.78 Å². The Balaban J connectivity index is 1.48. The van der Waals surface area contributed by atoms with Gasteiger partial charge in [0.2, 0.25) is 0 Å². The number of fused-ring (bicyclic) bond motifs is 3. The van der Waals surface area contributed by atoms with Crippen LogP contribution in [-0.4, -0.2) is 41.9 Å². The van der Waals surface area contributed by atoms with Crippen LogP contribution in [0.5, 0.6) is 0 Å². The number of benzene rings is 4. The number of nitrogens with one attached hydrogen (secondary N) is 1. The van der Waals surface area contributed by atoms with Crippen molar-refractivity contribution in [1.29, 1.82) is 0 Å². The highest BCUT2D eigenvalue weighted by atomic mass is 32.2. The van der Waals surface area contributed by atoms with Gasteiger partial charge in [0.25, 0.3) is 10.0 Å². The Morgan fingerprint density at radius 2 is 1.52 bits per heavy atom. The van der Waals surface area contributed by atoms with Crippen molar-refractivity contribution >= 4 is 31.8 Å². The molecule has 214 valence electrons. The normalized spacial score (nSPS) is 12.0. The zero-order valence-corrected chi connectivity index (χ0v) is 23.9. The molecule has 1 N–H and O–H groups in total. The van der Waals surface area contributed by atoms with Gasteiger partial charge in [-0.25, -0.2) is 8.78 Å².